The maximum Gasteiger partial charge on any atom is 0.319 e. The van der Waals surface area contributed by atoms with Gasteiger partial charge in [-0.1, -0.05) is 18.9 Å². The molecule has 1 fully saturated rings. The van der Waals surface area contributed by atoms with Crippen LogP contribution in [-0.4, -0.2) is 35.6 Å². The van der Waals surface area contributed by atoms with Crippen molar-refractivity contribution in [3.05, 3.63) is 18.2 Å². The van der Waals surface area contributed by atoms with Crippen molar-refractivity contribution in [3.63, 3.8) is 0 Å². The number of fused-ring (bicyclic) bond motifs is 1. The molecule has 0 bridgehead atoms. The average molecular weight is 304 g/mol. The minimum Gasteiger partial charge on any atom is -0.378 e. The standard InChI is InChI=1S/C15H20N4O3/c20-15(16-9-4-10-21-11-5-1-2-6-11)17-12-7-3-8-13-14(12)19-22-18-13/h3,7-8,11H,1-2,4-6,9-10H2,(H2,16,17,20). The van der Waals surface area contributed by atoms with Crippen molar-refractivity contribution in [1.29, 1.82) is 0 Å². The smallest absolute Gasteiger partial charge is 0.319 e. The second-order valence-corrected chi connectivity index (χ2v) is 5.45. The molecule has 1 saturated carbocycles. The SMILES string of the molecule is O=C(NCCCOC1CCCC1)Nc1cccc2nonc12. The van der Waals surface area contributed by atoms with Gasteiger partial charge in [0.05, 0.1) is 11.8 Å². The van der Waals surface area contributed by atoms with E-state index in [1.54, 1.807) is 18.2 Å². The minimum atomic E-state index is -0.267. The molecule has 2 aromatic rings. The van der Waals surface area contributed by atoms with E-state index in [1.165, 1.54) is 25.7 Å². The summed E-state index contributed by atoms with van der Waals surface area (Å²) in [6, 6.07) is 5.05. The maximum atomic E-state index is 11.9. The van der Waals surface area contributed by atoms with Crippen LogP contribution in [0.15, 0.2) is 22.8 Å². The molecule has 0 aliphatic heterocycles. The van der Waals surface area contributed by atoms with E-state index in [0.717, 1.165) is 6.42 Å². The Morgan fingerprint density at radius 3 is 3.05 bits per heavy atom. The van der Waals surface area contributed by atoms with Crippen LogP contribution in [0.5, 0.6) is 0 Å². The molecule has 1 aromatic heterocycles. The van der Waals surface area contributed by atoms with Crippen LogP contribution in [0.4, 0.5) is 10.5 Å². The maximum absolute atomic E-state index is 11.9. The molecule has 0 saturated heterocycles. The molecule has 0 unspecified atom stereocenters. The number of nitrogens with zero attached hydrogens (tertiary/aromatic N) is 2. The van der Waals surface area contributed by atoms with Crippen LogP contribution >= 0.6 is 0 Å². The summed E-state index contributed by atoms with van der Waals surface area (Å²) in [6.07, 6.45) is 6.11. The second kappa shape index (κ2) is 7.22. The number of rotatable bonds is 6. The average Bonchev–Trinajstić information content (AvgIpc) is 3.18. The van der Waals surface area contributed by atoms with E-state index in [2.05, 4.69) is 25.6 Å². The van der Waals surface area contributed by atoms with Gasteiger partial charge in [0.2, 0.25) is 0 Å². The van der Waals surface area contributed by atoms with E-state index < -0.39 is 0 Å². The Hall–Kier alpha value is -2.15. The van der Waals surface area contributed by atoms with Crippen molar-refractivity contribution in [2.24, 2.45) is 0 Å². The first-order valence-electron chi connectivity index (χ1n) is 7.70. The molecular formula is C15H20N4O3. The van der Waals surface area contributed by atoms with Gasteiger partial charge in [-0.3, -0.25) is 0 Å². The number of benzene rings is 1. The van der Waals surface area contributed by atoms with Gasteiger partial charge in [0.25, 0.3) is 0 Å². The Labute approximate surface area is 128 Å². The number of anilines is 1. The van der Waals surface area contributed by atoms with Crippen LogP contribution in [0.25, 0.3) is 11.0 Å². The molecule has 2 amide bonds. The number of ether oxygens (including phenoxy) is 1. The zero-order valence-corrected chi connectivity index (χ0v) is 12.4. The van der Waals surface area contributed by atoms with Gasteiger partial charge in [-0.25, -0.2) is 9.42 Å². The number of hydrogen-bond acceptors (Lipinski definition) is 5. The highest BCUT2D eigenvalue weighted by molar-refractivity contribution is 5.98. The molecule has 7 heteroatoms. The quantitative estimate of drug-likeness (QED) is 0.801. The van der Waals surface area contributed by atoms with Crippen LogP contribution in [0.3, 0.4) is 0 Å². The van der Waals surface area contributed by atoms with Crippen LogP contribution < -0.4 is 10.6 Å². The summed E-state index contributed by atoms with van der Waals surface area (Å²) < 4.78 is 10.4. The fourth-order valence-electron chi connectivity index (χ4n) is 2.65. The van der Waals surface area contributed by atoms with Gasteiger partial charge < -0.3 is 15.4 Å². The molecule has 1 heterocycles. The molecule has 0 spiro atoms. The Kier molecular flexibility index (Phi) is 4.85. The predicted octanol–water partition coefficient (Wildman–Crippen LogP) is 2.69. The first-order valence-corrected chi connectivity index (χ1v) is 7.70. The number of carbonyl (C=O) groups excluding carboxylic acids is 1. The van der Waals surface area contributed by atoms with Crippen molar-refractivity contribution in [3.8, 4) is 0 Å². The summed E-state index contributed by atoms with van der Waals surface area (Å²) in [6.45, 7) is 1.26. The van der Waals surface area contributed by atoms with E-state index in [0.29, 0.717) is 36.0 Å². The van der Waals surface area contributed by atoms with Crippen LogP contribution in [0, 0.1) is 0 Å². The fourth-order valence-corrected chi connectivity index (χ4v) is 2.65. The molecule has 0 atom stereocenters. The first kappa shape index (κ1) is 14.8. The van der Waals surface area contributed by atoms with E-state index >= 15 is 0 Å². The van der Waals surface area contributed by atoms with E-state index in [4.69, 9.17) is 4.74 Å². The van der Waals surface area contributed by atoms with Crippen molar-refractivity contribution in [2.45, 2.75) is 38.2 Å². The van der Waals surface area contributed by atoms with Gasteiger partial charge in [-0.2, -0.15) is 0 Å². The van der Waals surface area contributed by atoms with Gasteiger partial charge in [-0.15, -0.1) is 0 Å². The number of nitrogens with one attached hydrogen (secondary N) is 2. The predicted molar refractivity (Wildman–Crippen MR) is 81.7 cm³/mol. The third-order valence-corrected chi connectivity index (χ3v) is 3.80. The molecule has 1 aromatic carbocycles. The topological polar surface area (TPSA) is 89.3 Å². The molecule has 3 rings (SSSR count). The molecule has 7 nitrogen and oxygen atoms in total. The third kappa shape index (κ3) is 3.73. The summed E-state index contributed by atoms with van der Waals surface area (Å²) in [5.41, 5.74) is 1.74. The third-order valence-electron chi connectivity index (χ3n) is 3.80. The lowest BCUT2D eigenvalue weighted by Gasteiger charge is -2.11. The number of carbonyl (C=O) groups is 1. The first-order chi connectivity index (χ1) is 10.8. The summed E-state index contributed by atoms with van der Waals surface area (Å²) >= 11 is 0. The summed E-state index contributed by atoms with van der Waals surface area (Å²) in [5, 5.41) is 13.1. The fraction of sp³-hybridized carbons (Fsp3) is 0.533. The zero-order chi connectivity index (χ0) is 15.2. The van der Waals surface area contributed by atoms with Gasteiger partial charge >= 0.3 is 6.03 Å². The number of amides is 2. The van der Waals surface area contributed by atoms with Crippen LogP contribution in [0.1, 0.15) is 32.1 Å². The molecule has 22 heavy (non-hydrogen) atoms. The Balaban J connectivity index is 1.38. The summed E-state index contributed by atoms with van der Waals surface area (Å²) in [5.74, 6) is 0. The Morgan fingerprint density at radius 2 is 2.18 bits per heavy atom. The van der Waals surface area contributed by atoms with E-state index in [9.17, 15) is 4.79 Å². The van der Waals surface area contributed by atoms with E-state index in [-0.39, 0.29) is 6.03 Å². The second-order valence-electron chi connectivity index (χ2n) is 5.45. The molecule has 2 N–H and O–H groups in total. The summed E-state index contributed by atoms with van der Waals surface area (Å²) in [4.78, 5) is 11.9. The van der Waals surface area contributed by atoms with Gasteiger partial charge in [-0.05, 0) is 41.7 Å². The highest BCUT2D eigenvalue weighted by Gasteiger charge is 2.14. The molecule has 0 radical (unpaired) electrons. The Bertz CT molecular complexity index is 622. The van der Waals surface area contributed by atoms with Crippen molar-refractivity contribution in [2.75, 3.05) is 18.5 Å². The molecular weight excluding hydrogens is 284 g/mol. The van der Waals surface area contributed by atoms with Crippen LogP contribution in [-0.2, 0) is 4.74 Å². The zero-order valence-electron chi connectivity index (χ0n) is 12.4. The highest BCUT2D eigenvalue weighted by Crippen LogP contribution is 2.21. The highest BCUT2D eigenvalue weighted by atomic mass is 16.6. The number of hydrogen-bond donors (Lipinski definition) is 2. The van der Waals surface area contributed by atoms with Crippen LogP contribution in [0.2, 0.25) is 0 Å². The molecule has 118 valence electrons. The Morgan fingerprint density at radius 1 is 1.32 bits per heavy atom. The normalized spacial score (nSPS) is 15.3. The lowest BCUT2D eigenvalue weighted by atomic mass is 10.2. The van der Waals surface area contributed by atoms with Crippen molar-refractivity contribution < 1.29 is 14.2 Å². The van der Waals surface area contributed by atoms with Gasteiger partial charge in [0, 0.05) is 13.2 Å². The minimum absolute atomic E-state index is 0.267. The lowest BCUT2D eigenvalue weighted by Crippen LogP contribution is -2.30. The summed E-state index contributed by atoms with van der Waals surface area (Å²) in [7, 11) is 0. The molecule has 1 aliphatic rings. The van der Waals surface area contributed by atoms with Gasteiger partial charge in [0.15, 0.2) is 5.52 Å². The number of urea groups is 1. The molecule has 1 aliphatic carbocycles. The van der Waals surface area contributed by atoms with E-state index in [1.807, 2.05) is 0 Å². The lowest BCUT2D eigenvalue weighted by molar-refractivity contribution is 0.0572. The monoisotopic (exact) mass is 304 g/mol. The largest absolute Gasteiger partial charge is 0.378 e. The number of aromatic nitrogens is 2. The van der Waals surface area contributed by atoms with Crippen molar-refractivity contribution >= 4 is 22.8 Å². The van der Waals surface area contributed by atoms with Crippen molar-refractivity contribution in [1.82, 2.24) is 15.6 Å². The van der Waals surface area contributed by atoms with Gasteiger partial charge in [0.1, 0.15) is 5.52 Å².